The van der Waals surface area contributed by atoms with Gasteiger partial charge in [-0.3, -0.25) is 4.79 Å². The van der Waals surface area contributed by atoms with Crippen molar-refractivity contribution >= 4 is 5.97 Å². The first-order chi connectivity index (χ1) is 7.37. The Morgan fingerprint density at radius 3 is 2.25 bits per heavy atom. The van der Waals surface area contributed by atoms with Crippen LogP contribution < -0.4 is 0 Å². The van der Waals surface area contributed by atoms with Gasteiger partial charge in [-0.1, -0.05) is 32.0 Å². The summed E-state index contributed by atoms with van der Waals surface area (Å²) in [6.45, 7) is 4.10. The number of phenolic OH excluding ortho intramolecular Hbond substituents is 1. The molecule has 1 aliphatic carbocycles. The Bertz CT molecular complexity index is 427. The largest absolute Gasteiger partial charge is 0.508 e. The van der Waals surface area contributed by atoms with E-state index in [0.717, 1.165) is 0 Å². The van der Waals surface area contributed by atoms with Crippen LogP contribution in [0.25, 0.3) is 0 Å². The van der Waals surface area contributed by atoms with Gasteiger partial charge in [-0.2, -0.15) is 0 Å². The second-order valence-corrected chi connectivity index (χ2v) is 5.42. The zero-order valence-electron chi connectivity index (χ0n) is 9.53. The maximum atomic E-state index is 11.4. The number of phenols is 1. The van der Waals surface area contributed by atoms with Crippen LogP contribution in [0.1, 0.15) is 32.3 Å². The second kappa shape index (κ2) is 3.24. The molecule has 1 aromatic rings. The second-order valence-electron chi connectivity index (χ2n) is 5.42. The van der Waals surface area contributed by atoms with Crippen molar-refractivity contribution in [1.29, 1.82) is 0 Å². The highest BCUT2D eigenvalue weighted by molar-refractivity contribution is 5.84. The van der Waals surface area contributed by atoms with Crippen molar-refractivity contribution in [2.45, 2.75) is 32.1 Å². The smallest absolute Gasteiger partial charge is 0.314 e. The number of carboxylic acid groups (broad SMARTS) is 1. The number of benzene rings is 1. The van der Waals surface area contributed by atoms with E-state index in [4.69, 9.17) is 0 Å². The lowest BCUT2D eigenvalue weighted by Gasteiger charge is -2.50. The lowest BCUT2D eigenvalue weighted by atomic mass is 9.52. The molecule has 0 spiro atoms. The molecule has 3 heteroatoms. The Labute approximate surface area is 94.7 Å². The zero-order chi connectivity index (χ0) is 12.0. The monoisotopic (exact) mass is 220 g/mol. The summed E-state index contributed by atoms with van der Waals surface area (Å²) >= 11 is 0. The molecule has 0 atom stereocenters. The van der Waals surface area contributed by atoms with Crippen molar-refractivity contribution in [3.63, 3.8) is 0 Å². The van der Waals surface area contributed by atoms with Crippen LogP contribution >= 0.6 is 0 Å². The minimum absolute atomic E-state index is 0.0423. The van der Waals surface area contributed by atoms with E-state index in [1.807, 2.05) is 13.8 Å². The molecule has 0 aromatic heterocycles. The number of carbonyl (C=O) groups is 1. The van der Waals surface area contributed by atoms with Gasteiger partial charge in [0.2, 0.25) is 0 Å². The van der Waals surface area contributed by atoms with E-state index in [1.54, 1.807) is 24.3 Å². The third-order valence-corrected chi connectivity index (χ3v) is 3.39. The fourth-order valence-electron chi connectivity index (χ4n) is 2.92. The maximum Gasteiger partial charge on any atom is 0.314 e. The molecule has 3 nitrogen and oxygen atoms in total. The van der Waals surface area contributed by atoms with Crippen molar-refractivity contribution in [3.8, 4) is 5.75 Å². The number of rotatable bonds is 2. The molecule has 2 N–H and O–H groups in total. The Morgan fingerprint density at radius 1 is 1.25 bits per heavy atom. The molecule has 0 heterocycles. The topological polar surface area (TPSA) is 57.5 Å². The van der Waals surface area contributed by atoms with E-state index in [0.29, 0.717) is 18.4 Å². The van der Waals surface area contributed by atoms with Crippen molar-refractivity contribution < 1.29 is 15.0 Å². The molecule has 1 aliphatic rings. The lowest BCUT2D eigenvalue weighted by Crippen LogP contribution is -2.52. The predicted molar refractivity (Wildman–Crippen MR) is 60.4 cm³/mol. The number of aromatic hydroxyl groups is 1. The molecular formula is C13H16O3. The molecule has 0 saturated heterocycles. The number of hydrogen-bond donors (Lipinski definition) is 2. The summed E-state index contributed by atoms with van der Waals surface area (Å²) in [6.07, 6.45) is 1.15. The molecule has 1 saturated carbocycles. The summed E-state index contributed by atoms with van der Waals surface area (Å²) in [4.78, 5) is 11.4. The Kier molecular flexibility index (Phi) is 2.22. The molecular weight excluding hydrogens is 204 g/mol. The van der Waals surface area contributed by atoms with E-state index in [2.05, 4.69) is 0 Å². The highest BCUT2D eigenvalue weighted by Gasteiger charge is 2.56. The summed E-state index contributed by atoms with van der Waals surface area (Å²) in [7, 11) is 0. The Balaban J connectivity index is 2.44. The molecule has 16 heavy (non-hydrogen) atoms. The fourth-order valence-corrected chi connectivity index (χ4v) is 2.92. The van der Waals surface area contributed by atoms with Gasteiger partial charge >= 0.3 is 5.97 Å². The first-order valence-electron chi connectivity index (χ1n) is 5.39. The van der Waals surface area contributed by atoms with E-state index in [1.165, 1.54) is 0 Å². The molecule has 0 unspecified atom stereocenters. The number of carboxylic acids is 1. The summed E-state index contributed by atoms with van der Waals surface area (Å²) < 4.78 is 0. The van der Waals surface area contributed by atoms with Crippen LogP contribution in [0.15, 0.2) is 24.3 Å². The molecule has 1 aromatic carbocycles. The summed E-state index contributed by atoms with van der Waals surface area (Å²) in [5.41, 5.74) is -0.308. The van der Waals surface area contributed by atoms with Crippen LogP contribution in [0, 0.1) is 5.41 Å². The average Bonchev–Trinajstić information content (AvgIpc) is 2.14. The average molecular weight is 220 g/mol. The minimum atomic E-state index is -0.894. The standard InChI is InChI=1S/C13H16O3/c1-12(2)7-13(8-12,11(15)16)9-5-3-4-6-10(9)14/h3-6,14H,7-8H2,1-2H3,(H,15,16). The van der Waals surface area contributed by atoms with Gasteiger partial charge in [-0.25, -0.2) is 0 Å². The van der Waals surface area contributed by atoms with E-state index in [-0.39, 0.29) is 11.2 Å². The molecule has 0 bridgehead atoms. The van der Waals surface area contributed by atoms with Crippen molar-refractivity contribution in [1.82, 2.24) is 0 Å². The highest BCUT2D eigenvalue weighted by Crippen LogP contribution is 2.57. The molecule has 0 radical (unpaired) electrons. The van der Waals surface area contributed by atoms with Gasteiger partial charge in [0.15, 0.2) is 0 Å². The minimum Gasteiger partial charge on any atom is -0.508 e. The Morgan fingerprint density at radius 2 is 1.81 bits per heavy atom. The molecule has 0 aliphatic heterocycles. The summed E-state index contributed by atoms with van der Waals surface area (Å²) in [6, 6.07) is 6.73. The predicted octanol–water partition coefficient (Wildman–Crippen LogP) is 2.53. The van der Waals surface area contributed by atoms with Crippen LogP contribution in [0.4, 0.5) is 0 Å². The van der Waals surface area contributed by atoms with Crippen LogP contribution in [-0.2, 0) is 10.2 Å². The van der Waals surface area contributed by atoms with Gasteiger partial charge in [0, 0.05) is 5.56 Å². The number of aliphatic carboxylic acids is 1. The quantitative estimate of drug-likeness (QED) is 0.805. The van der Waals surface area contributed by atoms with Gasteiger partial charge in [-0.15, -0.1) is 0 Å². The summed E-state index contributed by atoms with van der Waals surface area (Å²) in [5.74, 6) is -0.756. The van der Waals surface area contributed by atoms with Crippen molar-refractivity contribution in [2.24, 2.45) is 5.41 Å². The van der Waals surface area contributed by atoms with Crippen LogP contribution in [0.5, 0.6) is 5.75 Å². The molecule has 1 fully saturated rings. The normalized spacial score (nSPS) is 21.1. The Hall–Kier alpha value is -1.51. The summed E-state index contributed by atoms with van der Waals surface area (Å²) in [5, 5.41) is 19.1. The first-order valence-corrected chi connectivity index (χ1v) is 5.39. The van der Waals surface area contributed by atoms with Gasteiger partial charge < -0.3 is 10.2 Å². The number of para-hydroxylation sites is 1. The first kappa shape index (κ1) is 11.0. The van der Waals surface area contributed by atoms with Gasteiger partial charge in [0.25, 0.3) is 0 Å². The third kappa shape index (κ3) is 1.47. The molecule has 86 valence electrons. The third-order valence-electron chi connectivity index (χ3n) is 3.39. The van der Waals surface area contributed by atoms with Gasteiger partial charge in [0.1, 0.15) is 5.75 Å². The fraction of sp³-hybridized carbons (Fsp3) is 0.462. The number of hydrogen-bond acceptors (Lipinski definition) is 2. The molecule has 2 rings (SSSR count). The SMILES string of the molecule is CC1(C)CC(C(=O)O)(c2ccccc2O)C1. The van der Waals surface area contributed by atoms with E-state index >= 15 is 0 Å². The maximum absolute atomic E-state index is 11.4. The zero-order valence-corrected chi connectivity index (χ0v) is 9.53. The van der Waals surface area contributed by atoms with Crippen LogP contribution in [-0.4, -0.2) is 16.2 Å². The van der Waals surface area contributed by atoms with Crippen LogP contribution in [0.3, 0.4) is 0 Å². The van der Waals surface area contributed by atoms with E-state index in [9.17, 15) is 15.0 Å². The van der Waals surface area contributed by atoms with Crippen molar-refractivity contribution in [3.05, 3.63) is 29.8 Å². The van der Waals surface area contributed by atoms with Crippen LogP contribution in [0.2, 0.25) is 0 Å². The van der Waals surface area contributed by atoms with E-state index < -0.39 is 11.4 Å². The highest BCUT2D eigenvalue weighted by atomic mass is 16.4. The van der Waals surface area contributed by atoms with Gasteiger partial charge in [0.05, 0.1) is 5.41 Å². The lowest BCUT2D eigenvalue weighted by molar-refractivity contribution is -0.153. The molecule has 0 amide bonds. The van der Waals surface area contributed by atoms with Gasteiger partial charge in [-0.05, 0) is 24.3 Å². The van der Waals surface area contributed by atoms with Crippen molar-refractivity contribution in [2.75, 3.05) is 0 Å².